The zero-order chi connectivity index (χ0) is 14.5. The number of nitrogens with one attached hydrogen (secondary N) is 1. The van der Waals surface area contributed by atoms with E-state index in [9.17, 15) is 4.79 Å². The number of rotatable bonds is 4. The van der Waals surface area contributed by atoms with E-state index in [1.807, 2.05) is 60.7 Å². The fraction of sp³-hybridized carbons (Fsp3) is 0.235. The fourth-order valence-corrected chi connectivity index (χ4v) is 2.67. The Hall–Kier alpha value is -2.07. The second-order valence-corrected chi connectivity index (χ2v) is 5.29. The van der Waals surface area contributed by atoms with Crippen molar-refractivity contribution < 1.29 is 9.45 Å². The standard InChI is InChI=1S/C17H18BNO2/c20-17(16-12-7-13-19-16)21-18(14-8-3-1-4-9-14)15-10-5-2-6-11-15/h1-6,8-11,16,19H,7,12-13H2/t16-/m1/s1. The van der Waals surface area contributed by atoms with E-state index in [4.69, 9.17) is 4.65 Å². The zero-order valence-electron chi connectivity index (χ0n) is 11.9. The zero-order valence-corrected chi connectivity index (χ0v) is 11.9. The predicted molar refractivity (Wildman–Crippen MR) is 85.0 cm³/mol. The summed E-state index contributed by atoms with van der Waals surface area (Å²) in [6.07, 6.45) is 1.89. The van der Waals surface area contributed by atoms with Gasteiger partial charge in [-0.2, -0.15) is 0 Å². The van der Waals surface area contributed by atoms with E-state index < -0.39 is 0 Å². The monoisotopic (exact) mass is 279 g/mol. The minimum atomic E-state index is -0.345. The van der Waals surface area contributed by atoms with E-state index in [0.29, 0.717) is 0 Å². The van der Waals surface area contributed by atoms with Crippen LogP contribution in [-0.2, 0) is 9.45 Å². The van der Waals surface area contributed by atoms with E-state index in [-0.39, 0.29) is 18.9 Å². The highest BCUT2D eigenvalue weighted by molar-refractivity contribution is 6.81. The van der Waals surface area contributed by atoms with Gasteiger partial charge < -0.3 is 9.97 Å². The number of hydrogen-bond acceptors (Lipinski definition) is 3. The van der Waals surface area contributed by atoms with Crippen molar-refractivity contribution in [3.63, 3.8) is 0 Å². The topological polar surface area (TPSA) is 38.3 Å². The number of hydrogen-bond donors (Lipinski definition) is 1. The molecule has 1 aliphatic rings. The summed E-state index contributed by atoms with van der Waals surface area (Å²) in [7, 11) is 0. The molecule has 3 rings (SSSR count). The van der Waals surface area contributed by atoms with Gasteiger partial charge in [-0.1, -0.05) is 60.7 Å². The Balaban J connectivity index is 1.84. The smallest absolute Gasteiger partial charge is 0.429 e. The van der Waals surface area contributed by atoms with Gasteiger partial charge in [-0.15, -0.1) is 0 Å². The van der Waals surface area contributed by atoms with Gasteiger partial charge in [0, 0.05) is 0 Å². The quantitative estimate of drug-likeness (QED) is 0.851. The van der Waals surface area contributed by atoms with Crippen molar-refractivity contribution in [1.29, 1.82) is 0 Å². The van der Waals surface area contributed by atoms with Crippen LogP contribution in [0.15, 0.2) is 60.7 Å². The van der Waals surface area contributed by atoms with Crippen molar-refractivity contribution in [2.24, 2.45) is 0 Å². The summed E-state index contributed by atoms with van der Waals surface area (Å²) in [6.45, 7) is 0.545. The van der Waals surface area contributed by atoms with Crippen molar-refractivity contribution in [3.05, 3.63) is 60.7 Å². The molecule has 2 aromatic carbocycles. The highest BCUT2D eigenvalue weighted by atomic mass is 16.5. The Kier molecular flexibility index (Phi) is 4.36. The summed E-state index contributed by atoms with van der Waals surface area (Å²) in [4.78, 5) is 12.3. The molecule has 0 aromatic heterocycles. The second kappa shape index (κ2) is 6.59. The van der Waals surface area contributed by atoms with Crippen LogP contribution in [0, 0.1) is 0 Å². The maximum absolute atomic E-state index is 12.3. The lowest BCUT2D eigenvalue weighted by atomic mass is 9.55. The second-order valence-electron chi connectivity index (χ2n) is 5.29. The van der Waals surface area contributed by atoms with Gasteiger partial charge in [0.1, 0.15) is 6.04 Å². The number of carbonyl (C=O) groups is 1. The van der Waals surface area contributed by atoms with Gasteiger partial charge in [0.2, 0.25) is 0 Å². The first kappa shape index (κ1) is 13.9. The molecule has 0 amide bonds. The van der Waals surface area contributed by atoms with Gasteiger partial charge in [-0.25, -0.2) is 0 Å². The number of carbonyl (C=O) groups excluding carboxylic acids is 1. The molecule has 1 N–H and O–H groups in total. The van der Waals surface area contributed by atoms with Crippen LogP contribution in [0.2, 0.25) is 0 Å². The summed E-state index contributed by atoms with van der Waals surface area (Å²) in [6, 6.07) is 19.6. The number of benzene rings is 2. The highest BCUT2D eigenvalue weighted by Crippen LogP contribution is 2.07. The van der Waals surface area contributed by atoms with Crippen LogP contribution in [0.25, 0.3) is 0 Å². The molecule has 0 unspecified atom stereocenters. The molecule has 3 nitrogen and oxygen atoms in total. The summed E-state index contributed by atoms with van der Waals surface area (Å²) in [5, 5.41) is 3.19. The molecule has 0 aliphatic carbocycles. The van der Waals surface area contributed by atoms with E-state index >= 15 is 0 Å². The lowest BCUT2D eigenvalue weighted by Gasteiger charge is -2.18. The molecule has 1 heterocycles. The van der Waals surface area contributed by atoms with Gasteiger partial charge in [0.05, 0.1) is 0 Å². The summed E-state index contributed by atoms with van der Waals surface area (Å²) < 4.78 is 5.81. The molecule has 1 aliphatic heterocycles. The van der Waals surface area contributed by atoms with Crippen LogP contribution >= 0.6 is 0 Å². The van der Waals surface area contributed by atoms with Crippen LogP contribution < -0.4 is 16.2 Å². The fourth-order valence-electron chi connectivity index (χ4n) is 2.67. The van der Waals surface area contributed by atoms with Gasteiger partial charge in [0.25, 0.3) is 0 Å². The largest absolute Gasteiger partial charge is 0.525 e. The first-order chi connectivity index (χ1) is 10.3. The summed E-state index contributed by atoms with van der Waals surface area (Å²) in [5.41, 5.74) is 1.99. The molecular formula is C17H18BNO2. The molecule has 2 aromatic rings. The lowest BCUT2D eigenvalue weighted by molar-refractivity contribution is -0.136. The molecule has 0 spiro atoms. The highest BCUT2D eigenvalue weighted by Gasteiger charge is 2.30. The maximum Gasteiger partial charge on any atom is 0.429 e. The Morgan fingerprint density at radius 1 is 1.00 bits per heavy atom. The summed E-state index contributed by atoms with van der Waals surface area (Å²) >= 11 is 0. The van der Waals surface area contributed by atoms with Crippen molar-refractivity contribution in [2.75, 3.05) is 6.54 Å². The first-order valence-electron chi connectivity index (χ1n) is 7.38. The van der Waals surface area contributed by atoms with Gasteiger partial charge in [0.15, 0.2) is 0 Å². The molecule has 21 heavy (non-hydrogen) atoms. The summed E-state index contributed by atoms with van der Waals surface area (Å²) in [5.74, 6) is -0.162. The lowest BCUT2D eigenvalue weighted by Crippen LogP contribution is -2.49. The Morgan fingerprint density at radius 2 is 1.57 bits per heavy atom. The van der Waals surface area contributed by atoms with E-state index in [1.54, 1.807) is 0 Å². The average molecular weight is 279 g/mol. The minimum Gasteiger partial charge on any atom is -0.525 e. The normalized spacial score (nSPS) is 17.4. The Bertz CT molecular complexity index is 543. The molecule has 1 saturated heterocycles. The molecule has 1 fully saturated rings. The molecule has 0 bridgehead atoms. The van der Waals surface area contributed by atoms with Gasteiger partial charge in [-0.05, 0) is 30.3 Å². The first-order valence-corrected chi connectivity index (χ1v) is 7.38. The van der Waals surface area contributed by atoms with E-state index in [2.05, 4.69) is 5.32 Å². The average Bonchev–Trinajstić information content (AvgIpc) is 3.09. The van der Waals surface area contributed by atoms with Crippen LogP contribution in [0.3, 0.4) is 0 Å². The third-order valence-electron chi connectivity index (χ3n) is 3.78. The molecule has 106 valence electrons. The van der Waals surface area contributed by atoms with Gasteiger partial charge >= 0.3 is 12.9 Å². The van der Waals surface area contributed by atoms with Crippen molar-refractivity contribution in [3.8, 4) is 0 Å². The molecule has 0 radical (unpaired) electrons. The van der Waals surface area contributed by atoms with E-state index in [0.717, 1.165) is 30.3 Å². The molecular weight excluding hydrogens is 261 g/mol. The SMILES string of the molecule is O=C(OB(c1ccccc1)c1ccccc1)[C@H]1CCCN1. The molecule has 4 heteroatoms. The van der Waals surface area contributed by atoms with Crippen LogP contribution in [-0.4, -0.2) is 25.5 Å². The van der Waals surface area contributed by atoms with E-state index in [1.165, 1.54) is 0 Å². The predicted octanol–water partition coefficient (Wildman–Crippen LogP) is 1.09. The van der Waals surface area contributed by atoms with Crippen LogP contribution in [0.1, 0.15) is 12.8 Å². The maximum atomic E-state index is 12.3. The third-order valence-corrected chi connectivity index (χ3v) is 3.78. The Morgan fingerprint density at radius 3 is 2.05 bits per heavy atom. The molecule has 1 atom stereocenters. The van der Waals surface area contributed by atoms with Crippen molar-refractivity contribution in [2.45, 2.75) is 18.9 Å². The van der Waals surface area contributed by atoms with Crippen molar-refractivity contribution >= 4 is 23.8 Å². The minimum absolute atomic E-state index is 0.162. The third kappa shape index (κ3) is 3.34. The van der Waals surface area contributed by atoms with Gasteiger partial charge in [-0.3, -0.25) is 4.79 Å². The van der Waals surface area contributed by atoms with Crippen molar-refractivity contribution in [1.82, 2.24) is 5.32 Å². The molecule has 0 saturated carbocycles. The van der Waals surface area contributed by atoms with Crippen LogP contribution in [0.4, 0.5) is 0 Å². The Labute approximate surface area is 125 Å². The van der Waals surface area contributed by atoms with Crippen LogP contribution in [0.5, 0.6) is 0 Å².